The van der Waals surface area contributed by atoms with Crippen LogP contribution >= 0.6 is 0 Å². The number of hydrogen-bond acceptors (Lipinski definition) is 2. The Kier molecular flexibility index (Phi) is 3.51. The molecule has 0 saturated heterocycles. The molecule has 0 unspecified atom stereocenters. The van der Waals surface area contributed by atoms with E-state index in [1.54, 1.807) is 0 Å². The zero-order valence-electron chi connectivity index (χ0n) is 13.4. The number of hydrogen-bond donors (Lipinski definition) is 1. The van der Waals surface area contributed by atoms with Gasteiger partial charge in [0.15, 0.2) is 5.78 Å². The Morgan fingerprint density at radius 1 is 0.708 bits per heavy atom. The largest absolute Gasteiger partial charge is 0.388 e. The van der Waals surface area contributed by atoms with E-state index in [1.807, 2.05) is 55.6 Å². The third kappa shape index (κ3) is 2.33. The van der Waals surface area contributed by atoms with Crippen LogP contribution in [0.2, 0.25) is 0 Å². The molecular formula is C22H17NO. The molecule has 0 bridgehead atoms. The van der Waals surface area contributed by atoms with Crippen LogP contribution in [0.25, 0.3) is 11.6 Å². The monoisotopic (exact) mass is 311 g/mol. The zero-order valence-corrected chi connectivity index (χ0v) is 13.4. The summed E-state index contributed by atoms with van der Waals surface area (Å²) in [5.41, 5.74) is 6.83. The number of benzene rings is 3. The van der Waals surface area contributed by atoms with E-state index in [2.05, 4.69) is 35.7 Å². The molecule has 0 radical (unpaired) electrons. The summed E-state index contributed by atoms with van der Waals surface area (Å²) in [6.45, 7) is 0. The first kappa shape index (κ1) is 14.5. The van der Waals surface area contributed by atoms with Crippen molar-refractivity contribution in [1.29, 1.82) is 0 Å². The molecule has 0 fully saturated rings. The van der Waals surface area contributed by atoms with Crippen LogP contribution in [-0.2, 0) is 0 Å². The van der Waals surface area contributed by atoms with Crippen LogP contribution in [0.4, 0.5) is 5.69 Å². The number of anilines is 1. The van der Waals surface area contributed by atoms with E-state index in [-0.39, 0.29) is 5.78 Å². The van der Waals surface area contributed by atoms with Crippen molar-refractivity contribution in [2.45, 2.75) is 0 Å². The first-order valence-electron chi connectivity index (χ1n) is 8.01. The van der Waals surface area contributed by atoms with Crippen molar-refractivity contribution in [3.63, 3.8) is 0 Å². The van der Waals surface area contributed by atoms with Crippen LogP contribution in [0.1, 0.15) is 32.6 Å². The molecule has 4 rings (SSSR count). The summed E-state index contributed by atoms with van der Waals surface area (Å²) in [6, 6.07) is 24.0. The first-order valence-corrected chi connectivity index (χ1v) is 8.01. The number of rotatable bonds is 2. The van der Waals surface area contributed by atoms with Crippen molar-refractivity contribution in [3.05, 3.63) is 101 Å². The predicted molar refractivity (Wildman–Crippen MR) is 99.3 cm³/mol. The highest BCUT2D eigenvalue weighted by Crippen LogP contribution is 2.36. The lowest BCUT2D eigenvalue weighted by molar-refractivity contribution is 0.103. The van der Waals surface area contributed by atoms with Crippen LogP contribution in [0.5, 0.6) is 0 Å². The molecule has 2 nitrogen and oxygen atoms in total. The second-order valence-electron chi connectivity index (χ2n) is 5.85. The quantitative estimate of drug-likeness (QED) is 0.572. The van der Waals surface area contributed by atoms with Gasteiger partial charge in [-0.1, -0.05) is 60.7 Å². The second kappa shape index (κ2) is 5.82. The Labute approximate surface area is 141 Å². The Hall–Kier alpha value is -3.13. The molecule has 1 aliphatic rings. The van der Waals surface area contributed by atoms with Crippen LogP contribution < -0.4 is 5.32 Å². The van der Waals surface area contributed by atoms with Gasteiger partial charge in [0.25, 0.3) is 0 Å². The highest BCUT2D eigenvalue weighted by atomic mass is 16.1. The molecule has 2 heteroatoms. The fourth-order valence-electron chi connectivity index (χ4n) is 3.19. The molecule has 0 heterocycles. The third-order valence-electron chi connectivity index (χ3n) is 4.43. The van der Waals surface area contributed by atoms with Gasteiger partial charge in [-0.25, -0.2) is 0 Å². The molecule has 0 amide bonds. The smallest absolute Gasteiger partial charge is 0.194 e. The van der Waals surface area contributed by atoms with Gasteiger partial charge in [-0.15, -0.1) is 0 Å². The molecule has 0 atom stereocenters. The van der Waals surface area contributed by atoms with Gasteiger partial charge < -0.3 is 5.32 Å². The maximum absolute atomic E-state index is 12.8. The van der Waals surface area contributed by atoms with E-state index in [1.165, 1.54) is 0 Å². The predicted octanol–water partition coefficient (Wildman–Crippen LogP) is 4.86. The van der Waals surface area contributed by atoms with Gasteiger partial charge in [-0.3, -0.25) is 4.79 Å². The van der Waals surface area contributed by atoms with Crippen molar-refractivity contribution < 1.29 is 4.79 Å². The van der Waals surface area contributed by atoms with E-state index in [0.29, 0.717) is 0 Å². The number of nitrogens with one attached hydrogen (secondary N) is 1. The normalized spacial score (nSPS) is 12.4. The lowest BCUT2D eigenvalue weighted by atomic mass is 9.81. The van der Waals surface area contributed by atoms with Crippen molar-refractivity contribution in [1.82, 2.24) is 0 Å². The molecule has 0 aliphatic heterocycles. The molecule has 1 aliphatic carbocycles. The lowest BCUT2D eigenvalue weighted by Crippen LogP contribution is -2.14. The van der Waals surface area contributed by atoms with Gasteiger partial charge in [0, 0.05) is 23.9 Å². The topological polar surface area (TPSA) is 29.1 Å². The van der Waals surface area contributed by atoms with E-state index < -0.39 is 0 Å². The minimum absolute atomic E-state index is 0.101. The summed E-state index contributed by atoms with van der Waals surface area (Å²) in [4.78, 5) is 12.8. The zero-order chi connectivity index (χ0) is 16.5. The Balaban J connectivity index is 1.93. The molecular weight excluding hydrogens is 294 g/mol. The molecule has 0 aromatic heterocycles. The standard InChI is InChI=1S/C22H17NO/c1-23-16-12-10-15(11-13-16)14-21-17-6-2-4-8-19(17)22(24)20-9-5-3-7-18(20)21/h2-14,23H,1H3. The van der Waals surface area contributed by atoms with Crippen molar-refractivity contribution in [2.75, 3.05) is 12.4 Å². The summed E-state index contributed by atoms with van der Waals surface area (Å²) < 4.78 is 0. The molecule has 0 saturated carbocycles. The highest BCUT2D eigenvalue weighted by molar-refractivity contribution is 6.20. The molecule has 3 aromatic carbocycles. The fourth-order valence-corrected chi connectivity index (χ4v) is 3.19. The van der Waals surface area contributed by atoms with Crippen LogP contribution in [-0.4, -0.2) is 12.8 Å². The van der Waals surface area contributed by atoms with Gasteiger partial charge in [0.1, 0.15) is 0 Å². The second-order valence-corrected chi connectivity index (χ2v) is 5.85. The van der Waals surface area contributed by atoms with Crippen LogP contribution in [0.3, 0.4) is 0 Å². The summed E-state index contributed by atoms with van der Waals surface area (Å²) >= 11 is 0. The van der Waals surface area contributed by atoms with Crippen molar-refractivity contribution in [2.24, 2.45) is 0 Å². The number of carbonyl (C=O) groups is 1. The fraction of sp³-hybridized carbons (Fsp3) is 0.0455. The minimum Gasteiger partial charge on any atom is -0.388 e. The first-order chi connectivity index (χ1) is 11.8. The Morgan fingerprint density at radius 2 is 1.21 bits per heavy atom. The average molecular weight is 311 g/mol. The van der Waals surface area contributed by atoms with E-state index in [0.717, 1.165) is 39.1 Å². The van der Waals surface area contributed by atoms with Crippen LogP contribution in [0.15, 0.2) is 72.8 Å². The number of fused-ring (bicyclic) bond motifs is 2. The Bertz CT molecular complexity index is 900. The maximum Gasteiger partial charge on any atom is 0.194 e. The third-order valence-corrected chi connectivity index (χ3v) is 4.43. The molecule has 24 heavy (non-hydrogen) atoms. The molecule has 3 aromatic rings. The van der Waals surface area contributed by atoms with Gasteiger partial charge in [0.2, 0.25) is 0 Å². The van der Waals surface area contributed by atoms with Crippen molar-refractivity contribution in [3.8, 4) is 0 Å². The summed E-state index contributed by atoms with van der Waals surface area (Å²) in [5.74, 6) is 0.101. The van der Waals surface area contributed by atoms with E-state index in [4.69, 9.17) is 0 Å². The average Bonchev–Trinajstić information content (AvgIpc) is 2.65. The summed E-state index contributed by atoms with van der Waals surface area (Å²) in [5, 5.41) is 3.13. The Morgan fingerprint density at radius 3 is 1.71 bits per heavy atom. The lowest BCUT2D eigenvalue weighted by Gasteiger charge is -2.21. The van der Waals surface area contributed by atoms with Gasteiger partial charge >= 0.3 is 0 Å². The number of ketones is 1. The van der Waals surface area contributed by atoms with Crippen molar-refractivity contribution >= 4 is 23.1 Å². The summed E-state index contributed by atoms with van der Waals surface area (Å²) in [6.07, 6.45) is 2.16. The molecule has 0 spiro atoms. The summed E-state index contributed by atoms with van der Waals surface area (Å²) in [7, 11) is 1.91. The highest BCUT2D eigenvalue weighted by Gasteiger charge is 2.25. The number of carbonyl (C=O) groups excluding carboxylic acids is 1. The van der Waals surface area contributed by atoms with E-state index >= 15 is 0 Å². The van der Waals surface area contributed by atoms with Gasteiger partial charge in [-0.05, 0) is 40.5 Å². The molecule has 116 valence electrons. The minimum atomic E-state index is 0.101. The van der Waals surface area contributed by atoms with E-state index in [9.17, 15) is 4.79 Å². The molecule has 1 N–H and O–H groups in total. The van der Waals surface area contributed by atoms with Gasteiger partial charge in [-0.2, -0.15) is 0 Å². The maximum atomic E-state index is 12.8. The van der Waals surface area contributed by atoms with Crippen LogP contribution in [0, 0.1) is 0 Å². The van der Waals surface area contributed by atoms with Gasteiger partial charge in [0.05, 0.1) is 0 Å². The SMILES string of the molecule is CNc1ccc(C=C2c3ccccc3C(=O)c3ccccc32)cc1.